The van der Waals surface area contributed by atoms with Crippen molar-refractivity contribution in [1.82, 2.24) is 15.1 Å². The van der Waals surface area contributed by atoms with Crippen LogP contribution in [0.2, 0.25) is 0 Å². The van der Waals surface area contributed by atoms with E-state index in [-0.39, 0.29) is 6.04 Å². The molecule has 102 valence electrons. The predicted molar refractivity (Wildman–Crippen MR) is 79.4 cm³/mol. The number of hydrogen-bond acceptors (Lipinski definition) is 2. The molecule has 0 radical (unpaired) electrons. The Labute approximate surface area is 115 Å². The molecule has 0 saturated carbocycles. The topological polar surface area (TPSA) is 29.9 Å². The molecule has 0 amide bonds. The second-order valence-electron chi connectivity index (χ2n) is 5.29. The van der Waals surface area contributed by atoms with E-state index in [0.717, 1.165) is 12.2 Å². The van der Waals surface area contributed by atoms with E-state index in [1.165, 1.54) is 22.4 Å². The minimum Gasteiger partial charge on any atom is -0.311 e. The van der Waals surface area contributed by atoms with Gasteiger partial charge in [0.25, 0.3) is 0 Å². The van der Waals surface area contributed by atoms with Gasteiger partial charge >= 0.3 is 0 Å². The highest BCUT2D eigenvalue weighted by atomic mass is 15.3. The van der Waals surface area contributed by atoms with Gasteiger partial charge in [0.1, 0.15) is 0 Å². The van der Waals surface area contributed by atoms with Crippen LogP contribution in [0.1, 0.15) is 34.1 Å². The van der Waals surface area contributed by atoms with Gasteiger partial charge in [-0.25, -0.2) is 0 Å². The average Bonchev–Trinajstić information content (AvgIpc) is 2.68. The third-order valence-electron chi connectivity index (χ3n) is 3.74. The molecule has 0 aliphatic carbocycles. The van der Waals surface area contributed by atoms with Crippen molar-refractivity contribution < 1.29 is 0 Å². The van der Waals surface area contributed by atoms with Crippen LogP contribution in [0.5, 0.6) is 0 Å². The van der Waals surface area contributed by atoms with Crippen LogP contribution in [0.4, 0.5) is 0 Å². The molecule has 0 aliphatic rings. The number of likely N-dealkylation sites (N-methyl/N-ethyl adjacent to an activating group) is 1. The molecule has 0 saturated heterocycles. The van der Waals surface area contributed by atoms with E-state index in [1.54, 1.807) is 0 Å². The Bertz CT molecular complexity index is 569. The third-order valence-corrected chi connectivity index (χ3v) is 3.74. The van der Waals surface area contributed by atoms with Gasteiger partial charge in [-0.2, -0.15) is 5.10 Å². The van der Waals surface area contributed by atoms with Gasteiger partial charge in [-0.15, -0.1) is 0 Å². The van der Waals surface area contributed by atoms with Crippen molar-refractivity contribution in [2.24, 2.45) is 0 Å². The Morgan fingerprint density at radius 1 is 1.11 bits per heavy atom. The van der Waals surface area contributed by atoms with Crippen molar-refractivity contribution >= 4 is 0 Å². The highest BCUT2D eigenvalue weighted by Gasteiger charge is 2.12. The first-order chi connectivity index (χ1) is 9.01. The molecule has 2 aromatic rings. The van der Waals surface area contributed by atoms with Gasteiger partial charge in [0.05, 0.1) is 18.3 Å². The number of aromatic nitrogens is 2. The lowest BCUT2D eigenvalue weighted by atomic mass is 10.0. The molecule has 1 aromatic carbocycles. The maximum absolute atomic E-state index is 4.54. The summed E-state index contributed by atoms with van der Waals surface area (Å²) in [6.07, 6.45) is 0. The Balaban J connectivity index is 2.24. The third kappa shape index (κ3) is 3.04. The Kier molecular flexibility index (Phi) is 4.05. The fourth-order valence-corrected chi connectivity index (χ4v) is 2.38. The maximum atomic E-state index is 4.54. The van der Waals surface area contributed by atoms with Crippen LogP contribution < -0.4 is 5.32 Å². The van der Waals surface area contributed by atoms with E-state index in [1.807, 2.05) is 14.0 Å². The van der Waals surface area contributed by atoms with Crippen molar-refractivity contribution in [3.8, 4) is 0 Å². The predicted octanol–water partition coefficient (Wildman–Crippen LogP) is 3.08. The minimum atomic E-state index is 0.289. The van der Waals surface area contributed by atoms with Crippen LogP contribution in [0.15, 0.2) is 24.3 Å². The normalized spacial score (nSPS) is 12.7. The van der Waals surface area contributed by atoms with E-state index >= 15 is 0 Å². The molecule has 1 atom stereocenters. The Hall–Kier alpha value is -1.61. The van der Waals surface area contributed by atoms with Gasteiger partial charge in [0.2, 0.25) is 0 Å². The first kappa shape index (κ1) is 13.8. The standard InChI is InChI=1S/C16H23N3/c1-11-6-7-15(8-12(11)2)16(17-5)10-19-14(4)9-13(3)18-19/h6-9,16-17H,10H2,1-5H3. The zero-order chi connectivity index (χ0) is 14.0. The zero-order valence-electron chi connectivity index (χ0n) is 12.5. The van der Waals surface area contributed by atoms with Crippen LogP contribution in [0, 0.1) is 27.7 Å². The summed E-state index contributed by atoms with van der Waals surface area (Å²) in [5.41, 5.74) is 6.28. The second-order valence-corrected chi connectivity index (χ2v) is 5.29. The van der Waals surface area contributed by atoms with Crippen molar-refractivity contribution in [3.05, 3.63) is 52.3 Å². The van der Waals surface area contributed by atoms with Gasteiger partial charge in [0.15, 0.2) is 0 Å². The molecule has 0 spiro atoms. The van der Waals surface area contributed by atoms with Gasteiger partial charge in [-0.05, 0) is 57.5 Å². The van der Waals surface area contributed by atoms with E-state index < -0.39 is 0 Å². The summed E-state index contributed by atoms with van der Waals surface area (Å²) < 4.78 is 2.08. The molecule has 1 N–H and O–H groups in total. The summed E-state index contributed by atoms with van der Waals surface area (Å²) in [7, 11) is 2.01. The molecule has 3 heteroatoms. The molecule has 0 aliphatic heterocycles. The number of nitrogens with zero attached hydrogens (tertiary/aromatic N) is 2. The van der Waals surface area contributed by atoms with Crippen LogP contribution in [-0.2, 0) is 6.54 Å². The zero-order valence-corrected chi connectivity index (χ0v) is 12.5. The lowest BCUT2D eigenvalue weighted by Crippen LogP contribution is -2.23. The monoisotopic (exact) mass is 257 g/mol. The summed E-state index contributed by atoms with van der Waals surface area (Å²) in [4.78, 5) is 0. The summed E-state index contributed by atoms with van der Waals surface area (Å²) in [6.45, 7) is 9.31. The van der Waals surface area contributed by atoms with Crippen molar-refractivity contribution in [2.75, 3.05) is 7.05 Å². The highest BCUT2D eigenvalue weighted by molar-refractivity contribution is 5.31. The summed E-state index contributed by atoms with van der Waals surface area (Å²) in [6, 6.07) is 9.07. The first-order valence-electron chi connectivity index (χ1n) is 6.76. The highest BCUT2D eigenvalue weighted by Crippen LogP contribution is 2.19. The van der Waals surface area contributed by atoms with Crippen molar-refractivity contribution in [2.45, 2.75) is 40.3 Å². The SMILES string of the molecule is CNC(Cn1nc(C)cc1C)c1ccc(C)c(C)c1. The molecule has 0 fully saturated rings. The van der Waals surface area contributed by atoms with Gasteiger partial charge in [0, 0.05) is 5.69 Å². The van der Waals surface area contributed by atoms with E-state index in [4.69, 9.17) is 0 Å². The Morgan fingerprint density at radius 2 is 1.84 bits per heavy atom. The lowest BCUT2D eigenvalue weighted by Gasteiger charge is -2.19. The van der Waals surface area contributed by atoms with Gasteiger partial charge in [-0.3, -0.25) is 4.68 Å². The Morgan fingerprint density at radius 3 is 2.37 bits per heavy atom. The summed E-state index contributed by atoms with van der Waals surface area (Å²) in [5.74, 6) is 0. The van der Waals surface area contributed by atoms with E-state index in [2.05, 4.69) is 60.1 Å². The number of hydrogen-bond donors (Lipinski definition) is 1. The maximum Gasteiger partial charge on any atom is 0.0607 e. The second kappa shape index (κ2) is 5.57. The molecule has 1 aromatic heterocycles. The van der Waals surface area contributed by atoms with Crippen LogP contribution >= 0.6 is 0 Å². The smallest absolute Gasteiger partial charge is 0.0607 e. The van der Waals surface area contributed by atoms with Gasteiger partial charge < -0.3 is 5.32 Å². The molecule has 1 heterocycles. The van der Waals surface area contributed by atoms with Crippen LogP contribution in [0.25, 0.3) is 0 Å². The minimum absolute atomic E-state index is 0.289. The van der Waals surface area contributed by atoms with E-state index in [9.17, 15) is 0 Å². The number of nitrogens with one attached hydrogen (secondary N) is 1. The molecule has 19 heavy (non-hydrogen) atoms. The van der Waals surface area contributed by atoms with Crippen molar-refractivity contribution in [3.63, 3.8) is 0 Å². The van der Waals surface area contributed by atoms with Crippen LogP contribution in [0.3, 0.4) is 0 Å². The quantitative estimate of drug-likeness (QED) is 0.912. The number of benzene rings is 1. The van der Waals surface area contributed by atoms with E-state index in [0.29, 0.717) is 0 Å². The summed E-state index contributed by atoms with van der Waals surface area (Å²) in [5, 5.41) is 7.93. The largest absolute Gasteiger partial charge is 0.311 e. The summed E-state index contributed by atoms with van der Waals surface area (Å²) >= 11 is 0. The lowest BCUT2D eigenvalue weighted by molar-refractivity contribution is 0.459. The fraction of sp³-hybridized carbons (Fsp3) is 0.438. The van der Waals surface area contributed by atoms with Crippen molar-refractivity contribution in [1.29, 1.82) is 0 Å². The number of aryl methyl sites for hydroxylation is 4. The molecular formula is C16H23N3. The average molecular weight is 257 g/mol. The molecule has 3 nitrogen and oxygen atoms in total. The molecule has 0 bridgehead atoms. The molecule has 2 rings (SSSR count). The van der Waals surface area contributed by atoms with Crippen LogP contribution in [-0.4, -0.2) is 16.8 Å². The molecule has 1 unspecified atom stereocenters. The first-order valence-corrected chi connectivity index (χ1v) is 6.76. The molecular weight excluding hydrogens is 234 g/mol. The number of rotatable bonds is 4. The fourth-order valence-electron chi connectivity index (χ4n) is 2.38. The van der Waals surface area contributed by atoms with Gasteiger partial charge in [-0.1, -0.05) is 18.2 Å².